The maximum absolute atomic E-state index is 13.4. The Balaban J connectivity index is 1.61. The lowest BCUT2D eigenvalue weighted by Crippen LogP contribution is -2.35. The molecule has 5 nitrogen and oxygen atoms in total. The van der Waals surface area contributed by atoms with Crippen LogP contribution >= 0.6 is 0 Å². The molecule has 1 heterocycles. The van der Waals surface area contributed by atoms with Gasteiger partial charge in [-0.1, -0.05) is 0 Å². The molecule has 2 aliphatic rings. The molecule has 0 radical (unpaired) electrons. The van der Waals surface area contributed by atoms with Gasteiger partial charge >= 0.3 is 0 Å². The van der Waals surface area contributed by atoms with E-state index in [0.29, 0.717) is 12.8 Å². The molecule has 19 heavy (non-hydrogen) atoms. The number of hydrogen-bond acceptors (Lipinski definition) is 3. The van der Waals surface area contributed by atoms with E-state index in [1.165, 1.54) is 12.4 Å². The lowest BCUT2D eigenvalue weighted by atomic mass is 9.87. The van der Waals surface area contributed by atoms with Gasteiger partial charge in [0, 0.05) is 31.3 Å². The minimum atomic E-state index is -3.65. The summed E-state index contributed by atoms with van der Waals surface area (Å²) in [7, 11) is -3.65. The van der Waals surface area contributed by atoms with Crippen LogP contribution in [0.4, 0.5) is 8.78 Å². The molecule has 0 spiro atoms. The highest BCUT2D eigenvalue weighted by molar-refractivity contribution is 7.89. The smallest absolute Gasteiger partial charge is 0.274 e. The molecule has 0 aromatic carbocycles. The zero-order valence-electron chi connectivity index (χ0n) is 10.1. The lowest BCUT2D eigenvalue weighted by molar-refractivity contribution is -0.0604. The number of hydrogen-bond donors (Lipinski definition) is 2. The van der Waals surface area contributed by atoms with E-state index in [4.69, 9.17) is 0 Å². The van der Waals surface area contributed by atoms with Crippen LogP contribution in [0, 0.1) is 17.8 Å². The maximum atomic E-state index is 13.4. The highest BCUT2D eigenvalue weighted by Gasteiger charge is 2.56. The summed E-state index contributed by atoms with van der Waals surface area (Å²) in [4.78, 5) is 6.20. The number of halogens is 2. The molecule has 0 unspecified atom stereocenters. The molecule has 8 heteroatoms. The van der Waals surface area contributed by atoms with E-state index in [2.05, 4.69) is 14.7 Å². The molecule has 1 aromatic rings. The van der Waals surface area contributed by atoms with E-state index in [0.717, 1.165) is 0 Å². The van der Waals surface area contributed by atoms with Gasteiger partial charge < -0.3 is 4.98 Å². The summed E-state index contributed by atoms with van der Waals surface area (Å²) in [6.45, 7) is 0.209. The monoisotopic (exact) mass is 291 g/mol. The number of fused-ring (bicyclic) bond motifs is 2. The Labute approximate surface area is 109 Å². The van der Waals surface area contributed by atoms with Gasteiger partial charge in [0.2, 0.25) is 5.16 Å². The molecular weight excluding hydrogens is 276 g/mol. The predicted molar refractivity (Wildman–Crippen MR) is 63.0 cm³/mol. The second kappa shape index (κ2) is 4.24. The van der Waals surface area contributed by atoms with Crippen LogP contribution in [0.1, 0.15) is 19.3 Å². The van der Waals surface area contributed by atoms with Crippen LogP contribution in [0.5, 0.6) is 0 Å². The van der Waals surface area contributed by atoms with Crippen molar-refractivity contribution in [3.63, 3.8) is 0 Å². The van der Waals surface area contributed by atoms with Gasteiger partial charge in [-0.2, -0.15) is 0 Å². The molecule has 106 valence electrons. The van der Waals surface area contributed by atoms with Crippen molar-refractivity contribution in [2.45, 2.75) is 30.3 Å². The van der Waals surface area contributed by atoms with Crippen LogP contribution in [0.2, 0.25) is 0 Å². The quantitative estimate of drug-likeness (QED) is 0.880. The first-order valence-corrected chi connectivity index (χ1v) is 7.74. The molecule has 3 rings (SSSR count). The highest BCUT2D eigenvalue weighted by Crippen LogP contribution is 2.56. The fourth-order valence-corrected chi connectivity index (χ4v) is 4.25. The standard InChI is InChI=1S/C11H15F2N3O2S/c12-11(13)5-7-3-9(11)4-8(7)6-16-19(17,18)10-14-1-2-15-10/h1-2,7-9,16H,3-6H2,(H,14,15)/t7-,8+,9-/m0/s1. The molecule has 2 aliphatic carbocycles. The van der Waals surface area contributed by atoms with Crippen molar-refractivity contribution < 1.29 is 17.2 Å². The fourth-order valence-electron chi connectivity index (χ4n) is 3.26. The average Bonchev–Trinajstić information content (AvgIpc) is 3.00. The Morgan fingerprint density at radius 1 is 1.47 bits per heavy atom. The molecule has 2 fully saturated rings. The first-order chi connectivity index (χ1) is 8.88. The van der Waals surface area contributed by atoms with Gasteiger partial charge in [-0.05, 0) is 24.7 Å². The van der Waals surface area contributed by atoms with Gasteiger partial charge in [-0.3, -0.25) is 0 Å². The van der Waals surface area contributed by atoms with Crippen molar-refractivity contribution in [1.82, 2.24) is 14.7 Å². The lowest BCUT2D eigenvalue weighted by Gasteiger charge is -2.27. The summed E-state index contributed by atoms with van der Waals surface area (Å²) >= 11 is 0. The zero-order valence-corrected chi connectivity index (χ0v) is 11.0. The van der Waals surface area contributed by atoms with Crippen LogP contribution in [0.3, 0.4) is 0 Å². The molecule has 2 bridgehead atoms. The second-order valence-electron chi connectivity index (χ2n) is 5.40. The summed E-state index contributed by atoms with van der Waals surface area (Å²) in [5, 5.41) is -0.138. The van der Waals surface area contributed by atoms with E-state index >= 15 is 0 Å². The number of aromatic amines is 1. The molecular formula is C11H15F2N3O2S. The molecule has 2 N–H and O–H groups in total. The Morgan fingerprint density at radius 2 is 2.26 bits per heavy atom. The number of nitrogens with one attached hydrogen (secondary N) is 2. The van der Waals surface area contributed by atoms with E-state index in [1.807, 2.05) is 0 Å². The van der Waals surface area contributed by atoms with Crippen molar-refractivity contribution in [3.05, 3.63) is 12.4 Å². The SMILES string of the molecule is O=S(=O)(NC[C@H]1C[C@@H]2C[C@H]1CC2(F)F)c1ncc[nH]1. The Bertz CT molecular complexity index is 559. The number of imidazole rings is 1. The van der Waals surface area contributed by atoms with Gasteiger partial charge in [0.05, 0.1) is 0 Å². The third-order valence-electron chi connectivity index (χ3n) is 4.24. The molecule has 1 aromatic heterocycles. The molecule has 3 atom stereocenters. The first-order valence-electron chi connectivity index (χ1n) is 6.25. The van der Waals surface area contributed by atoms with E-state index in [9.17, 15) is 17.2 Å². The second-order valence-corrected chi connectivity index (χ2v) is 7.08. The van der Waals surface area contributed by atoms with Crippen molar-refractivity contribution in [3.8, 4) is 0 Å². The van der Waals surface area contributed by atoms with Gasteiger partial charge in [0.1, 0.15) is 0 Å². The Kier molecular flexibility index (Phi) is 2.90. The number of rotatable bonds is 4. The number of H-pyrrole nitrogens is 1. The van der Waals surface area contributed by atoms with Crippen molar-refractivity contribution >= 4 is 10.0 Å². The Morgan fingerprint density at radius 3 is 2.79 bits per heavy atom. The minimum absolute atomic E-state index is 0.00867. The van der Waals surface area contributed by atoms with Crippen LogP contribution in [0.15, 0.2) is 17.6 Å². The van der Waals surface area contributed by atoms with Gasteiger partial charge in [0.15, 0.2) is 0 Å². The summed E-state index contributed by atoms with van der Waals surface area (Å²) in [6.07, 6.45) is 3.59. The fraction of sp³-hybridized carbons (Fsp3) is 0.727. The summed E-state index contributed by atoms with van der Waals surface area (Å²) in [5.74, 6) is -3.19. The van der Waals surface area contributed by atoms with Crippen LogP contribution in [-0.4, -0.2) is 30.9 Å². The zero-order chi connectivity index (χ0) is 13.7. The van der Waals surface area contributed by atoms with E-state index in [-0.39, 0.29) is 30.0 Å². The number of sulfonamides is 1. The topological polar surface area (TPSA) is 74.8 Å². The molecule has 0 amide bonds. The van der Waals surface area contributed by atoms with E-state index < -0.39 is 21.9 Å². The third-order valence-corrected chi connectivity index (χ3v) is 5.52. The minimum Gasteiger partial charge on any atom is -0.334 e. The summed E-state index contributed by atoms with van der Waals surface area (Å²) < 4.78 is 52.8. The van der Waals surface area contributed by atoms with Crippen LogP contribution in [-0.2, 0) is 10.0 Å². The van der Waals surface area contributed by atoms with Crippen molar-refractivity contribution in [2.75, 3.05) is 6.54 Å². The molecule has 0 saturated heterocycles. The number of alkyl halides is 2. The van der Waals surface area contributed by atoms with Crippen molar-refractivity contribution in [1.29, 1.82) is 0 Å². The normalized spacial score (nSPS) is 32.8. The third kappa shape index (κ3) is 2.27. The largest absolute Gasteiger partial charge is 0.334 e. The van der Waals surface area contributed by atoms with Crippen LogP contribution < -0.4 is 4.72 Å². The summed E-state index contributed by atoms with van der Waals surface area (Å²) in [6, 6.07) is 0. The van der Waals surface area contributed by atoms with Crippen LogP contribution in [0.25, 0.3) is 0 Å². The maximum Gasteiger partial charge on any atom is 0.274 e. The number of nitrogens with zero attached hydrogens (tertiary/aromatic N) is 1. The van der Waals surface area contributed by atoms with Gasteiger partial charge in [0.25, 0.3) is 15.9 Å². The molecule has 2 saturated carbocycles. The summed E-state index contributed by atoms with van der Waals surface area (Å²) in [5.41, 5.74) is 0. The van der Waals surface area contributed by atoms with E-state index in [1.54, 1.807) is 0 Å². The van der Waals surface area contributed by atoms with Crippen molar-refractivity contribution in [2.24, 2.45) is 17.8 Å². The first kappa shape index (κ1) is 13.0. The van der Waals surface area contributed by atoms with Gasteiger partial charge in [-0.25, -0.2) is 26.9 Å². The molecule has 0 aliphatic heterocycles. The highest BCUT2D eigenvalue weighted by atomic mass is 32.2. The Hall–Kier alpha value is -1.02. The average molecular weight is 291 g/mol. The van der Waals surface area contributed by atoms with Gasteiger partial charge in [-0.15, -0.1) is 0 Å². The number of aromatic nitrogens is 2. The predicted octanol–water partition coefficient (Wildman–Crippen LogP) is 1.37.